The molecule has 5 aromatic carbocycles. The normalized spacial score (nSPS) is 13.2. The van der Waals surface area contributed by atoms with Crippen molar-refractivity contribution in [3.8, 4) is 55.9 Å². The van der Waals surface area contributed by atoms with Gasteiger partial charge < -0.3 is 0 Å². The standard InChI is InChI=1S/C44H35N/c1-5-13-30(6-2)37-28-42(32-14-8-7-9-15-32)45-43(29-37)33-22-20-31(21-23-33)34-16-12-17-35(26-34)36-24-25-39-38-18-10-11-19-40(38)44(3,4)41(39)27-36/h5-29H,1-2H2,3-4H3/b30-13+. The first-order chi connectivity index (χ1) is 22.0. The fraction of sp³-hybridized carbons (Fsp3) is 0.0682. The Labute approximate surface area is 266 Å². The molecule has 7 rings (SSSR count). The number of hydrogen-bond donors (Lipinski definition) is 0. The Morgan fingerprint density at radius 3 is 1.80 bits per heavy atom. The van der Waals surface area contributed by atoms with E-state index in [1.54, 1.807) is 6.08 Å². The van der Waals surface area contributed by atoms with Gasteiger partial charge in [-0.1, -0.05) is 154 Å². The van der Waals surface area contributed by atoms with Gasteiger partial charge in [0.25, 0.3) is 0 Å². The van der Waals surface area contributed by atoms with Gasteiger partial charge in [0.05, 0.1) is 11.4 Å². The molecule has 45 heavy (non-hydrogen) atoms. The molecule has 0 N–H and O–H groups in total. The Kier molecular flexibility index (Phi) is 7.23. The molecule has 0 amide bonds. The van der Waals surface area contributed by atoms with Crippen LogP contribution in [0, 0.1) is 0 Å². The molecular weight excluding hydrogens is 542 g/mol. The molecule has 1 aromatic heterocycles. The third-order valence-electron chi connectivity index (χ3n) is 9.04. The lowest BCUT2D eigenvalue weighted by atomic mass is 9.81. The molecule has 1 aliphatic rings. The average molecular weight is 578 g/mol. The lowest BCUT2D eigenvalue weighted by Crippen LogP contribution is -2.14. The summed E-state index contributed by atoms with van der Waals surface area (Å²) >= 11 is 0. The maximum absolute atomic E-state index is 5.07. The van der Waals surface area contributed by atoms with Crippen LogP contribution in [0.4, 0.5) is 0 Å². The van der Waals surface area contributed by atoms with Crippen LogP contribution in [0.5, 0.6) is 0 Å². The van der Waals surface area contributed by atoms with E-state index < -0.39 is 0 Å². The Balaban J connectivity index is 1.23. The van der Waals surface area contributed by atoms with Gasteiger partial charge in [0, 0.05) is 16.5 Å². The van der Waals surface area contributed by atoms with Crippen molar-refractivity contribution < 1.29 is 0 Å². The Hall–Kier alpha value is -5.53. The van der Waals surface area contributed by atoms with Crippen molar-refractivity contribution in [1.29, 1.82) is 0 Å². The van der Waals surface area contributed by atoms with Crippen LogP contribution in [0.2, 0.25) is 0 Å². The zero-order chi connectivity index (χ0) is 31.0. The number of benzene rings is 5. The van der Waals surface area contributed by atoms with Crippen LogP contribution in [0.15, 0.2) is 165 Å². The highest BCUT2D eigenvalue weighted by atomic mass is 14.7. The average Bonchev–Trinajstić information content (AvgIpc) is 3.33. The molecule has 0 saturated carbocycles. The summed E-state index contributed by atoms with van der Waals surface area (Å²) < 4.78 is 0. The van der Waals surface area contributed by atoms with Crippen LogP contribution in [0.25, 0.3) is 61.5 Å². The van der Waals surface area contributed by atoms with Crippen molar-refractivity contribution in [2.45, 2.75) is 19.3 Å². The molecule has 216 valence electrons. The summed E-state index contributed by atoms with van der Waals surface area (Å²) in [6.07, 6.45) is 5.65. The van der Waals surface area contributed by atoms with Crippen molar-refractivity contribution in [3.05, 3.63) is 182 Å². The predicted octanol–water partition coefficient (Wildman–Crippen LogP) is 11.8. The van der Waals surface area contributed by atoms with Gasteiger partial charge in [0.2, 0.25) is 0 Å². The molecule has 0 unspecified atom stereocenters. The third kappa shape index (κ3) is 5.17. The highest BCUT2D eigenvalue weighted by molar-refractivity contribution is 5.85. The van der Waals surface area contributed by atoms with Gasteiger partial charge in [0.15, 0.2) is 0 Å². The lowest BCUT2D eigenvalue weighted by Gasteiger charge is -2.22. The van der Waals surface area contributed by atoms with E-state index >= 15 is 0 Å². The third-order valence-corrected chi connectivity index (χ3v) is 9.04. The molecule has 0 fully saturated rings. The fourth-order valence-electron chi connectivity index (χ4n) is 6.61. The van der Waals surface area contributed by atoms with E-state index in [9.17, 15) is 0 Å². The fourth-order valence-corrected chi connectivity index (χ4v) is 6.61. The number of hydrogen-bond acceptors (Lipinski definition) is 1. The van der Waals surface area contributed by atoms with Crippen molar-refractivity contribution in [2.24, 2.45) is 0 Å². The van der Waals surface area contributed by atoms with Crippen LogP contribution in [0.1, 0.15) is 30.5 Å². The SMILES string of the molecule is C=C/C=C(\C=C)c1cc(-c2ccccc2)nc(-c2ccc(-c3cccc(-c4ccc5c(c4)C(C)(C)c4ccccc4-5)c3)cc2)c1. The minimum atomic E-state index is -0.0188. The maximum Gasteiger partial charge on any atom is 0.0715 e. The van der Waals surface area contributed by atoms with E-state index in [0.717, 1.165) is 33.7 Å². The summed E-state index contributed by atoms with van der Waals surface area (Å²) in [6, 6.07) is 47.9. The zero-order valence-corrected chi connectivity index (χ0v) is 25.8. The lowest BCUT2D eigenvalue weighted by molar-refractivity contribution is 0.660. The zero-order valence-electron chi connectivity index (χ0n) is 25.8. The highest BCUT2D eigenvalue weighted by Gasteiger charge is 2.35. The van der Waals surface area contributed by atoms with Gasteiger partial charge in [-0.2, -0.15) is 0 Å². The molecular formula is C44H35N. The molecule has 0 bridgehead atoms. The first-order valence-electron chi connectivity index (χ1n) is 15.4. The molecule has 0 saturated heterocycles. The summed E-state index contributed by atoms with van der Waals surface area (Å²) in [5.41, 5.74) is 16.4. The quantitative estimate of drug-likeness (QED) is 0.172. The Morgan fingerprint density at radius 1 is 0.533 bits per heavy atom. The van der Waals surface area contributed by atoms with Crippen molar-refractivity contribution in [3.63, 3.8) is 0 Å². The molecule has 1 heteroatoms. The minimum Gasteiger partial charge on any atom is -0.248 e. The van der Waals surface area contributed by atoms with Gasteiger partial charge in [-0.3, -0.25) is 0 Å². The van der Waals surface area contributed by atoms with E-state index in [4.69, 9.17) is 4.98 Å². The summed E-state index contributed by atoms with van der Waals surface area (Å²) in [5.74, 6) is 0. The highest BCUT2D eigenvalue weighted by Crippen LogP contribution is 2.49. The molecule has 1 nitrogen and oxygen atoms in total. The van der Waals surface area contributed by atoms with Gasteiger partial charge in [-0.05, 0) is 79.9 Å². The van der Waals surface area contributed by atoms with Gasteiger partial charge in [-0.25, -0.2) is 4.98 Å². The molecule has 0 atom stereocenters. The van der Waals surface area contributed by atoms with Crippen molar-refractivity contribution in [1.82, 2.24) is 4.98 Å². The second-order valence-electron chi connectivity index (χ2n) is 12.1. The molecule has 1 aliphatic carbocycles. The first kappa shape index (κ1) is 28.3. The van der Waals surface area contributed by atoms with Crippen LogP contribution < -0.4 is 0 Å². The molecule has 0 spiro atoms. The van der Waals surface area contributed by atoms with Crippen LogP contribution in [0.3, 0.4) is 0 Å². The second kappa shape index (κ2) is 11.5. The monoisotopic (exact) mass is 577 g/mol. The molecule has 0 radical (unpaired) electrons. The molecule has 1 heterocycles. The summed E-state index contributed by atoms with van der Waals surface area (Å²) in [4.78, 5) is 5.07. The second-order valence-corrected chi connectivity index (χ2v) is 12.1. The number of pyridine rings is 1. The minimum absolute atomic E-state index is 0.0188. The van der Waals surface area contributed by atoms with Crippen molar-refractivity contribution >= 4 is 5.57 Å². The van der Waals surface area contributed by atoms with Gasteiger partial charge in [0.1, 0.15) is 0 Å². The molecule has 0 aliphatic heterocycles. The summed E-state index contributed by atoms with van der Waals surface area (Å²) in [7, 11) is 0. The van der Waals surface area contributed by atoms with E-state index in [-0.39, 0.29) is 5.41 Å². The summed E-state index contributed by atoms with van der Waals surface area (Å²) in [6.45, 7) is 12.6. The van der Waals surface area contributed by atoms with Gasteiger partial charge >= 0.3 is 0 Å². The Bertz CT molecular complexity index is 2090. The van der Waals surface area contributed by atoms with E-state index in [0.29, 0.717) is 0 Å². The van der Waals surface area contributed by atoms with E-state index in [2.05, 4.69) is 142 Å². The van der Waals surface area contributed by atoms with Crippen LogP contribution in [-0.4, -0.2) is 4.98 Å². The van der Waals surface area contributed by atoms with E-state index in [1.807, 2.05) is 30.4 Å². The largest absolute Gasteiger partial charge is 0.248 e. The number of nitrogens with zero attached hydrogens (tertiary/aromatic N) is 1. The van der Waals surface area contributed by atoms with Crippen LogP contribution >= 0.6 is 0 Å². The molecule has 6 aromatic rings. The summed E-state index contributed by atoms with van der Waals surface area (Å²) in [5, 5.41) is 0. The topological polar surface area (TPSA) is 12.9 Å². The predicted molar refractivity (Wildman–Crippen MR) is 192 cm³/mol. The number of fused-ring (bicyclic) bond motifs is 3. The maximum atomic E-state index is 5.07. The number of allylic oxidation sites excluding steroid dienone is 4. The first-order valence-corrected chi connectivity index (χ1v) is 15.4. The van der Waals surface area contributed by atoms with Crippen molar-refractivity contribution in [2.75, 3.05) is 0 Å². The number of rotatable bonds is 7. The van der Waals surface area contributed by atoms with E-state index in [1.165, 1.54) is 44.5 Å². The smallest absolute Gasteiger partial charge is 0.0715 e. The number of aromatic nitrogens is 1. The van der Waals surface area contributed by atoms with Crippen LogP contribution in [-0.2, 0) is 5.41 Å². The van der Waals surface area contributed by atoms with Gasteiger partial charge in [-0.15, -0.1) is 0 Å². The Morgan fingerprint density at radius 2 is 1.09 bits per heavy atom.